The van der Waals surface area contributed by atoms with Crippen LogP contribution >= 0.6 is 0 Å². The predicted molar refractivity (Wildman–Crippen MR) is 88.8 cm³/mol. The van der Waals surface area contributed by atoms with Crippen LogP contribution in [0, 0.1) is 27.7 Å². The third-order valence-corrected chi connectivity index (χ3v) is 3.52. The highest BCUT2D eigenvalue weighted by atomic mass is 14.9. The van der Waals surface area contributed by atoms with E-state index in [4.69, 9.17) is 0 Å². The van der Waals surface area contributed by atoms with Crippen molar-refractivity contribution >= 4 is 11.4 Å². The van der Waals surface area contributed by atoms with Gasteiger partial charge in [-0.25, -0.2) is 0 Å². The maximum Gasteiger partial charge on any atom is 0.0370 e. The summed E-state index contributed by atoms with van der Waals surface area (Å²) in [6.45, 7) is 10.4. The van der Waals surface area contributed by atoms with E-state index in [1.165, 1.54) is 33.6 Å². The van der Waals surface area contributed by atoms with Crippen LogP contribution in [0.25, 0.3) is 0 Å². The molecule has 0 unspecified atom stereocenters. The molecule has 0 aliphatic rings. The van der Waals surface area contributed by atoms with Crippen molar-refractivity contribution in [2.45, 2.75) is 27.7 Å². The van der Waals surface area contributed by atoms with Crippen LogP contribution in [0.5, 0.6) is 0 Å². The average molecular weight is 268 g/mol. The molecule has 0 bridgehead atoms. The van der Waals surface area contributed by atoms with Gasteiger partial charge >= 0.3 is 0 Å². The number of rotatable bonds is 5. The zero-order valence-electron chi connectivity index (χ0n) is 12.9. The van der Waals surface area contributed by atoms with Gasteiger partial charge in [-0.3, -0.25) is 0 Å². The summed E-state index contributed by atoms with van der Waals surface area (Å²) in [4.78, 5) is 0. The van der Waals surface area contributed by atoms with Crippen molar-refractivity contribution in [2.24, 2.45) is 0 Å². The first-order valence-corrected chi connectivity index (χ1v) is 7.18. The van der Waals surface area contributed by atoms with E-state index >= 15 is 0 Å². The molecule has 2 aromatic carbocycles. The summed E-state index contributed by atoms with van der Waals surface area (Å²) < 4.78 is 0. The molecule has 0 atom stereocenters. The van der Waals surface area contributed by atoms with Gasteiger partial charge in [0.25, 0.3) is 0 Å². The van der Waals surface area contributed by atoms with Crippen molar-refractivity contribution in [2.75, 3.05) is 23.7 Å². The van der Waals surface area contributed by atoms with E-state index in [9.17, 15) is 0 Å². The van der Waals surface area contributed by atoms with Crippen LogP contribution < -0.4 is 10.6 Å². The summed E-state index contributed by atoms with van der Waals surface area (Å²) in [5, 5.41) is 6.96. The Hall–Kier alpha value is -1.96. The molecule has 0 amide bonds. The van der Waals surface area contributed by atoms with E-state index in [0.717, 1.165) is 13.1 Å². The molecule has 2 rings (SSSR count). The third-order valence-electron chi connectivity index (χ3n) is 3.52. The smallest absolute Gasteiger partial charge is 0.0370 e. The molecule has 20 heavy (non-hydrogen) atoms. The Morgan fingerprint density at radius 1 is 0.650 bits per heavy atom. The lowest BCUT2D eigenvalue weighted by atomic mass is 10.1. The lowest BCUT2D eigenvalue weighted by Crippen LogP contribution is -2.14. The second kappa shape index (κ2) is 6.47. The van der Waals surface area contributed by atoms with Gasteiger partial charge in [-0.15, -0.1) is 0 Å². The standard InChI is InChI=1S/C18H24N2/c1-13-5-7-17(15(3)11-13)19-9-10-20-18-8-6-14(2)12-16(18)4/h5-8,11-12,19-20H,9-10H2,1-4H3. The molecule has 2 nitrogen and oxygen atoms in total. The molecule has 106 valence electrons. The van der Waals surface area contributed by atoms with Crippen LogP contribution in [0.2, 0.25) is 0 Å². The number of nitrogens with one attached hydrogen (secondary N) is 2. The first kappa shape index (κ1) is 14.4. The molecule has 2 aromatic rings. The Balaban J connectivity index is 1.84. The monoisotopic (exact) mass is 268 g/mol. The number of anilines is 2. The molecule has 0 radical (unpaired) electrons. The minimum atomic E-state index is 0.914. The van der Waals surface area contributed by atoms with Crippen molar-refractivity contribution < 1.29 is 0 Å². The normalized spacial score (nSPS) is 10.4. The highest BCUT2D eigenvalue weighted by molar-refractivity contribution is 5.53. The van der Waals surface area contributed by atoms with Gasteiger partial charge in [0, 0.05) is 24.5 Å². The second-order valence-electron chi connectivity index (χ2n) is 5.49. The maximum atomic E-state index is 3.48. The fraction of sp³-hybridized carbons (Fsp3) is 0.333. The van der Waals surface area contributed by atoms with Crippen LogP contribution in [0.3, 0.4) is 0 Å². The third kappa shape index (κ3) is 3.77. The quantitative estimate of drug-likeness (QED) is 0.783. The zero-order valence-corrected chi connectivity index (χ0v) is 12.9. The molecule has 0 aliphatic heterocycles. The van der Waals surface area contributed by atoms with Crippen LogP contribution in [0.1, 0.15) is 22.3 Å². The summed E-state index contributed by atoms with van der Waals surface area (Å²) in [5.74, 6) is 0. The number of benzene rings is 2. The number of hydrogen-bond donors (Lipinski definition) is 2. The fourth-order valence-corrected chi connectivity index (χ4v) is 2.42. The van der Waals surface area contributed by atoms with Gasteiger partial charge in [0.2, 0.25) is 0 Å². The second-order valence-corrected chi connectivity index (χ2v) is 5.49. The number of hydrogen-bond acceptors (Lipinski definition) is 2. The molecule has 2 heteroatoms. The summed E-state index contributed by atoms with van der Waals surface area (Å²) in [7, 11) is 0. The first-order valence-electron chi connectivity index (χ1n) is 7.18. The van der Waals surface area contributed by atoms with E-state index in [0.29, 0.717) is 0 Å². The number of aryl methyl sites for hydroxylation is 4. The van der Waals surface area contributed by atoms with Gasteiger partial charge in [0.15, 0.2) is 0 Å². The van der Waals surface area contributed by atoms with Gasteiger partial charge < -0.3 is 10.6 Å². The van der Waals surface area contributed by atoms with Gasteiger partial charge in [-0.05, 0) is 51.0 Å². The van der Waals surface area contributed by atoms with Crippen molar-refractivity contribution in [3.05, 3.63) is 58.7 Å². The topological polar surface area (TPSA) is 24.1 Å². The summed E-state index contributed by atoms with van der Waals surface area (Å²) >= 11 is 0. The van der Waals surface area contributed by atoms with Crippen LogP contribution in [-0.2, 0) is 0 Å². The summed E-state index contributed by atoms with van der Waals surface area (Å²) in [6, 6.07) is 13.0. The Labute approximate surface area is 122 Å². The molecule has 2 N–H and O–H groups in total. The van der Waals surface area contributed by atoms with E-state index in [1.807, 2.05) is 0 Å². The van der Waals surface area contributed by atoms with Gasteiger partial charge in [0.1, 0.15) is 0 Å². The van der Waals surface area contributed by atoms with Gasteiger partial charge in [-0.1, -0.05) is 35.4 Å². The van der Waals surface area contributed by atoms with E-state index in [2.05, 4.69) is 74.7 Å². The summed E-state index contributed by atoms with van der Waals surface area (Å²) in [5.41, 5.74) is 7.66. The van der Waals surface area contributed by atoms with E-state index < -0.39 is 0 Å². The van der Waals surface area contributed by atoms with Gasteiger partial charge in [0.05, 0.1) is 0 Å². The molecule has 0 aromatic heterocycles. The highest BCUT2D eigenvalue weighted by Crippen LogP contribution is 2.17. The zero-order chi connectivity index (χ0) is 14.5. The Morgan fingerprint density at radius 3 is 1.40 bits per heavy atom. The van der Waals surface area contributed by atoms with Crippen molar-refractivity contribution in [3.63, 3.8) is 0 Å². The molecule has 0 heterocycles. The highest BCUT2D eigenvalue weighted by Gasteiger charge is 1.99. The summed E-state index contributed by atoms with van der Waals surface area (Å²) in [6.07, 6.45) is 0. The fourth-order valence-electron chi connectivity index (χ4n) is 2.42. The Kier molecular flexibility index (Phi) is 4.67. The van der Waals surface area contributed by atoms with Crippen molar-refractivity contribution in [1.29, 1.82) is 0 Å². The van der Waals surface area contributed by atoms with Crippen molar-refractivity contribution in [1.82, 2.24) is 0 Å². The van der Waals surface area contributed by atoms with Crippen LogP contribution in [0.4, 0.5) is 11.4 Å². The van der Waals surface area contributed by atoms with E-state index in [-0.39, 0.29) is 0 Å². The van der Waals surface area contributed by atoms with Gasteiger partial charge in [-0.2, -0.15) is 0 Å². The molecule has 0 saturated carbocycles. The van der Waals surface area contributed by atoms with Crippen molar-refractivity contribution in [3.8, 4) is 0 Å². The van der Waals surface area contributed by atoms with Crippen LogP contribution in [0.15, 0.2) is 36.4 Å². The lowest BCUT2D eigenvalue weighted by Gasteiger charge is -2.13. The largest absolute Gasteiger partial charge is 0.383 e. The molecule has 0 aliphatic carbocycles. The first-order chi connectivity index (χ1) is 9.56. The Morgan fingerprint density at radius 2 is 1.05 bits per heavy atom. The lowest BCUT2D eigenvalue weighted by molar-refractivity contribution is 1.07. The molecular weight excluding hydrogens is 244 g/mol. The van der Waals surface area contributed by atoms with Crippen LogP contribution in [-0.4, -0.2) is 13.1 Å². The minimum Gasteiger partial charge on any atom is -0.383 e. The minimum absolute atomic E-state index is 0.914. The van der Waals surface area contributed by atoms with E-state index in [1.54, 1.807) is 0 Å². The molecule has 0 fully saturated rings. The SMILES string of the molecule is Cc1ccc(NCCNc2ccc(C)cc2C)c(C)c1. The Bertz CT molecular complexity index is 534. The average Bonchev–Trinajstić information content (AvgIpc) is 2.39. The predicted octanol–water partition coefficient (Wildman–Crippen LogP) is 4.44. The molecule has 0 spiro atoms. The molecule has 0 saturated heterocycles. The molecular formula is C18H24N2. The maximum absolute atomic E-state index is 3.48.